The van der Waals surface area contributed by atoms with Gasteiger partial charge in [0.15, 0.2) is 0 Å². The number of piperazine rings is 1. The van der Waals surface area contributed by atoms with Crippen LogP contribution in [0.25, 0.3) is 0 Å². The molecule has 0 N–H and O–H groups in total. The Bertz CT molecular complexity index is 917. The lowest BCUT2D eigenvalue weighted by Gasteiger charge is -2.33. The van der Waals surface area contributed by atoms with Crippen molar-refractivity contribution in [2.24, 2.45) is 0 Å². The normalized spacial score (nSPS) is 15.5. The molecule has 0 bridgehead atoms. The number of carbonyl (C=O) groups excluding carboxylic acids is 1. The van der Waals surface area contributed by atoms with Crippen molar-refractivity contribution in [3.05, 3.63) is 58.4 Å². The van der Waals surface area contributed by atoms with Crippen molar-refractivity contribution in [2.75, 3.05) is 32.8 Å². The molecule has 1 saturated heterocycles. The summed E-state index contributed by atoms with van der Waals surface area (Å²) < 4.78 is 33.3. The summed E-state index contributed by atoms with van der Waals surface area (Å²) >= 11 is 4.48. The molecule has 0 radical (unpaired) electrons. The molecular weight excluding hydrogens is 452 g/mol. The Balaban J connectivity index is 1.61. The minimum absolute atomic E-state index is 0.110. The first kappa shape index (κ1) is 20.1. The largest absolute Gasteiger partial charge is 0.490 e. The molecule has 6 nitrogen and oxygen atoms in total. The summed E-state index contributed by atoms with van der Waals surface area (Å²) in [7, 11) is -3.51. The number of hydrogen-bond donors (Lipinski definition) is 0. The first-order valence-corrected chi connectivity index (χ1v) is 11.4. The van der Waals surface area contributed by atoms with Gasteiger partial charge in [0.25, 0.3) is 15.9 Å². The van der Waals surface area contributed by atoms with E-state index in [4.69, 9.17) is 4.74 Å². The Morgan fingerprint density at radius 3 is 2.37 bits per heavy atom. The number of hydrogen-bond acceptors (Lipinski definition) is 5. The zero-order chi connectivity index (χ0) is 19.4. The van der Waals surface area contributed by atoms with Crippen LogP contribution in [0.5, 0.6) is 5.75 Å². The molecule has 0 saturated carbocycles. The van der Waals surface area contributed by atoms with Crippen molar-refractivity contribution in [2.45, 2.75) is 4.21 Å². The molecule has 9 heteroatoms. The highest BCUT2D eigenvalue weighted by atomic mass is 79.9. The fourth-order valence-corrected chi connectivity index (χ4v) is 6.31. The predicted molar refractivity (Wildman–Crippen MR) is 109 cm³/mol. The van der Waals surface area contributed by atoms with E-state index in [0.717, 1.165) is 3.79 Å². The van der Waals surface area contributed by atoms with Gasteiger partial charge in [0, 0.05) is 31.7 Å². The van der Waals surface area contributed by atoms with Crippen LogP contribution in [0.1, 0.15) is 10.4 Å². The van der Waals surface area contributed by atoms with E-state index < -0.39 is 10.0 Å². The second-order valence-corrected chi connectivity index (χ2v) is 10.5. The molecular formula is C18H19BrN2O4S2. The summed E-state index contributed by atoms with van der Waals surface area (Å²) in [6.07, 6.45) is 1.65. The van der Waals surface area contributed by atoms with Gasteiger partial charge in [-0.2, -0.15) is 4.31 Å². The van der Waals surface area contributed by atoms with E-state index in [0.29, 0.717) is 35.2 Å². The van der Waals surface area contributed by atoms with Gasteiger partial charge in [-0.3, -0.25) is 4.79 Å². The number of halogens is 1. The molecule has 1 aromatic carbocycles. The van der Waals surface area contributed by atoms with Gasteiger partial charge in [-0.25, -0.2) is 8.42 Å². The first-order valence-electron chi connectivity index (χ1n) is 8.30. The quantitative estimate of drug-likeness (QED) is 0.607. The van der Waals surface area contributed by atoms with E-state index >= 15 is 0 Å². The van der Waals surface area contributed by atoms with Crippen LogP contribution < -0.4 is 4.74 Å². The van der Waals surface area contributed by atoms with Crippen molar-refractivity contribution < 1.29 is 17.9 Å². The SMILES string of the molecule is C=CCOc1ccc(C(=O)N2CCN(S(=O)(=O)c3ccc(Br)s3)CC2)cc1. The summed E-state index contributed by atoms with van der Waals surface area (Å²) in [5.74, 6) is 0.561. The predicted octanol–water partition coefficient (Wildman–Crippen LogP) is 3.22. The van der Waals surface area contributed by atoms with Crippen molar-refractivity contribution in [1.29, 1.82) is 0 Å². The van der Waals surface area contributed by atoms with Gasteiger partial charge in [0.2, 0.25) is 0 Å². The molecule has 0 unspecified atom stereocenters. The standard InChI is InChI=1S/C18H19BrN2O4S2/c1-2-13-25-15-5-3-14(4-6-15)18(22)20-9-11-21(12-10-20)27(23,24)17-8-7-16(19)26-17/h2-8H,1,9-13H2. The van der Waals surface area contributed by atoms with Crippen molar-refractivity contribution in [3.8, 4) is 5.75 Å². The summed E-state index contributed by atoms with van der Waals surface area (Å²) in [6.45, 7) is 5.28. The van der Waals surface area contributed by atoms with E-state index in [1.54, 1.807) is 47.4 Å². The highest BCUT2D eigenvalue weighted by molar-refractivity contribution is 9.11. The molecule has 27 heavy (non-hydrogen) atoms. The van der Waals surface area contributed by atoms with Gasteiger partial charge in [-0.15, -0.1) is 11.3 Å². The molecule has 144 valence electrons. The number of benzene rings is 1. The Labute approximate surface area is 171 Å². The van der Waals surface area contributed by atoms with Gasteiger partial charge < -0.3 is 9.64 Å². The molecule has 3 rings (SSSR count). The van der Waals surface area contributed by atoms with Crippen LogP contribution in [0.4, 0.5) is 0 Å². The number of nitrogens with zero attached hydrogens (tertiary/aromatic N) is 2. The highest BCUT2D eigenvalue weighted by Crippen LogP contribution is 2.29. The minimum atomic E-state index is -3.51. The maximum absolute atomic E-state index is 12.7. The summed E-state index contributed by atoms with van der Waals surface area (Å²) in [5, 5.41) is 0. The second kappa shape index (κ2) is 8.55. The monoisotopic (exact) mass is 470 g/mol. The number of ether oxygens (including phenoxy) is 1. The maximum Gasteiger partial charge on any atom is 0.253 e. The number of amides is 1. The molecule has 0 aliphatic carbocycles. The fraction of sp³-hybridized carbons (Fsp3) is 0.278. The van der Waals surface area contributed by atoms with E-state index in [1.807, 2.05) is 0 Å². The van der Waals surface area contributed by atoms with Gasteiger partial charge in [0.05, 0.1) is 3.79 Å². The van der Waals surface area contributed by atoms with Crippen LogP contribution in [0.2, 0.25) is 0 Å². The Morgan fingerprint density at radius 2 is 1.81 bits per heavy atom. The van der Waals surface area contributed by atoms with E-state index in [2.05, 4.69) is 22.5 Å². The Kier molecular flexibility index (Phi) is 6.36. The summed E-state index contributed by atoms with van der Waals surface area (Å²) in [6, 6.07) is 10.2. The number of sulfonamides is 1. The van der Waals surface area contributed by atoms with Gasteiger partial charge in [-0.1, -0.05) is 12.7 Å². The van der Waals surface area contributed by atoms with Gasteiger partial charge in [-0.05, 0) is 52.3 Å². The van der Waals surface area contributed by atoms with Crippen LogP contribution in [-0.4, -0.2) is 56.3 Å². The van der Waals surface area contributed by atoms with E-state index in [1.165, 1.54) is 15.6 Å². The van der Waals surface area contributed by atoms with Gasteiger partial charge >= 0.3 is 0 Å². The van der Waals surface area contributed by atoms with Gasteiger partial charge in [0.1, 0.15) is 16.6 Å². The van der Waals surface area contributed by atoms with Crippen LogP contribution in [0.3, 0.4) is 0 Å². The second-order valence-electron chi connectivity index (χ2n) is 5.88. The average Bonchev–Trinajstić information content (AvgIpc) is 3.13. The maximum atomic E-state index is 12.7. The topological polar surface area (TPSA) is 66.9 Å². The van der Waals surface area contributed by atoms with E-state index in [9.17, 15) is 13.2 Å². The number of thiophene rings is 1. The van der Waals surface area contributed by atoms with Crippen molar-refractivity contribution in [3.63, 3.8) is 0 Å². The van der Waals surface area contributed by atoms with Crippen LogP contribution in [0.15, 0.2) is 57.0 Å². The first-order chi connectivity index (χ1) is 12.9. The molecule has 2 aromatic rings. The van der Waals surface area contributed by atoms with Crippen molar-refractivity contribution >= 4 is 43.2 Å². The van der Waals surface area contributed by atoms with Crippen LogP contribution in [0, 0.1) is 0 Å². The number of carbonyl (C=O) groups is 1. The smallest absolute Gasteiger partial charge is 0.253 e. The third-order valence-electron chi connectivity index (χ3n) is 4.14. The van der Waals surface area contributed by atoms with Crippen LogP contribution in [-0.2, 0) is 10.0 Å². The highest BCUT2D eigenvalue weighted by Gasteiger charge is 2.31. The third-order valence-corrected chi connectivity index (χ3v) is 8.13. The lowest BCUT2D eigenvalue weighted by molar-refractivity contribution is 0.0698. The zero-order valence-corrected chi connectivity index (χ0v) is 17.7. The Hall–Kier alpha value is -1.68. The Morgan fingerprint density at radius 1 is 1.15 bits per heavy atom. The fourth-order valence-electron chi connectivity index (χ4n) is 2.73. The molecule has 0 atom stereocenters. The minimum Gasteiger partial charge on any atom is -0.490 e. The van der Waals surface area contributed by atoms with Crippen LogP contribution >= 0.6 is 27.3 Å². The molecule has 0 spiro atoms. The molecule has 1 amide bonds. The lowest BCUT2D eigenvalue weighted by Crippen LogP contribution is -2.50. The number of rotatable bonds is 6. The molecule has 1 fully saturated rings. The molecule has 1 aliphatic rings. The molecule has 1 aromatic heterocycles. The summed E-state index contributed by atoms with van der Waals surface area (Å²) in [4.78, 5) is 14.3. The third kappa shape index (κ3) is 4.60. The molecule has 1 aliphatic heterocycles. The summed E-state index contributed by atoms with van der Waals surface area (Å²) in [5.41, 5.74) is 0.555. The lowest BCUT2D eigenvalue weighted by atomic mass is 10.2. The van der Waals surface area contributed by atoms with Crippen molar-refractivity contribution in [1.82, 2.24) is 9.21 Å². The average molecular weight is 471 g/mol. The van der Waals surface area contributed by atoms with E-state index in [-0.39, 0.29) is 19.0 Å². The molecule has 2 heterocycles. The zero-order valence-electron chi connectivity index (χ0n) is 14.5.